The molecule has 3 rings (SSSR count). The summed E-state index contributed by atoms with van der Waals surface area (Å²) in [4.78, 5) is 14.6. The Morgan fingerprint density at radius 2 is 1.96 bits per heavy atom. The zero-order valence-corrected chi connectivity index (χ0v) is 14.2. The van der Waals surface area contributed by atoms with E-state index in [9.17, 15) is 4.79 Å². The van der Waals surface area contributed by atoms with E-state index in [1.807, 2.05) is 37.3 Å². The van der Waals surface area contributed by atoms with E-state index in [2.05, 4.69) is 0 Å². The van der Waals surface area contributed by atoms with Gasteiger partial charge in [0.25, 0.3) is 5.91 Å². The number of rotatable bonds is 4. The Labute approximate surface area is 146 Å². The van der Waals surface area contributed by atoms with Crippen molar-refractivity contribution in [1.82, 2.24) is 0 Å². The third kappa shape index (κ3) is 3.45. The van der Waals surface area contributed by atoms with E-state index >= 15 is 0 Å². The molecule has 0 aliphatic carbocycles. The van der Waals surface area contributed by atoms with Crippen LogP contribution in [0.4, 0.5) is 5.69 Å². The number of carbonyl (C=O) groups excluding carboxylic acids is 1. The third-order valence-electron chi connectivity index (χ3n) is 3.83. The first-order valence-electron chi connectivity index (χ1n) is 7.86. The van der Waals surface area contributed by atoms with E-state index in [0.29, 0.717) is 29.6 Å². The van der Waals surface area contributed by atoms with Crippen molar-refractivity contribution in [3.63, 3.8) is 0 Å². The number of hydrogen-bond acceptors (Lipinski definition) is 3. The molecule has 24 heavy (non-hydrogen) atoms. The molecular weight excluding hydrogens is 324 g/mol. The standard InChI is InChI=1S/C19H19ClN2O2/c1-13-3-8-17-16(11-13)22(10-2-9-21)19(23)18(24-17)12-14-4-6-15(20)7-5-14/h3-8,11-12H,2,9-10,21H2,1H3/b18-12+. The first kappa shape index (κ1) is 16.6. The van der Waals surface area contributed by atoms with Crippen LogP contribution in [-0.4, -0.2) is 19.0 Å². The number of halogens is 1. The minimum absolute atomic E-state index is 0.156. The van der Waals surface area contributed by atoms with Gasteiger partial charge in [-0.2, -0.15) is 0 Å². The Bertz CT molecular complexity index is 784. The minimum atomic E-state index is -0.156. The maximum atomic E-state index is 12.8. The highest BCUT2D eigenvalue weighted by atomic mass is 35.5. The van der Waals surface area contributed by atoms with Crippen molar-refractivity contribution in [2.75, 3.05) is 18.0 Å². The number of fused-ring (bicyclic) bond motifs is 1. The molecule has 4 nitrogen and oxygen atoms in total. The molecule has 1 aliphatic heterocycles. The molecule has 0 atom stereocenters. The smallest absolute Gasteiger partial charge is 0.294 e. The highest BCUT2D eigenvalue weighted by Crippen LogP contribution is 2.36. The number of nitrogens with zero attached hydrogens (tertiary/aromatic N) is 1. The zero-order valence-electron chi connectivity index (χ0n) is 13.5. The van der Waals surface area contributed by atoms with Crippen LogP contribution >= 0.6 is 11.6 Å². The van der Waals surface area contributed by atoms with Gasteiger partial charge in [0.15, 0.2) is 11.5 Å². The summed E-state index contributed by atoms with van der Waals surface area (Å²) in [6.07, 6.45) is 2.46. The molecule has 0 bridgehead atoms. The lowest BCUT2D eigenvalue weighted by atomic mass is 10.1. The zero-order chi connectivity index (χ0) is 17.1. The molecular formula is C19H19ClN2O2. The Kier molecular flexibility index (Phi) is 4.88. The second-order valence-electron chi connectivity index (χ2n) is 5.73. The number of ether oxygens (including phenoxy) is 1. The molecule has 5 heteroatoms. The predicted octanol–water partition coefficient (Wildman–Crippen LogP) is 3.76. The average molecular weight is 343 g/mol. The van der Waals surface area contributed by atoms with Crippen LogP contribution in [0.2, 0.25) is 5.02 Å². The van der Waals surface area contributed by atoms with Crippen molar-refractivity contribution >= 4 is 29.3 Å². The minimum Gasteiger partial charge on any atom is -0.449 e. The molecule has 0 fully saturated rings. The summed E-state index contributed by atoms with van der Waals surface area (Å²) in [7, 11) is 0. The summed E-state index contributed by atoms with van der Waals surface area (Å²) in [5.41, 5.74) is 8.35. The quantitative estimate of drug-likeness (QED) is 0.861. The maximum Gasteiger partial charge on any atom is 0.294 e. The fourth-order valence-electron chi connectivity index (χ4n) is 2.60. The van der Waals surface area contributed by atoms with Gasteiger partial charge in [0.05, 0.1) is 5.69 Å². The molecule has 0 unspecified atom stereocenters. The van der Waals surface area contributed by atoms with Crippen molar-refractivity contribution < 1.29 is 9.53 Å². The normalized spacial score (nSPS) is 15.4. The van der Waals surface area contributed by atoms with Gasteiger partial charge in [-0.3, -0.25) is 4.79 Å². The second kappa shape index (κ2) is 7.07. The van der Waals surface area contributed by atoms with Gasteiger partial charge in [0.1, 0.15) is 0 Å². The highest BCUT2D eigenvalue weighted by Gasteiger charge is 2.29. The molecule has 2 N–H and O–H groups in total. The summed E-state index contributed by atoms with van der Waals surface area (Å²) in [6, 6.07) is 13.1. The lowest BCUT2D eigenvalue weighted by Gasteiger charge is -2.30. The molecule has 1 aliphatic rings. The van der Waals surface area contributed by atoms with E-state index in [1.165, 1.54) is 0 Å². The first-order valence-corrected chi connectivity index (χ1v) is 8.24. The Balaban J connectivity index is 1.99. The number of carbonyl (C=O) groups is 1. The summed E-state index contributed by atoms with van der Waals surface area (Å²) in [5.74, 6) is 0.819. The number of nitrogens with two attached hydrogens (primary N) is 1. The monoisotopic (exact) mass is 342 g/mol. The number of benzene rings is 2. The highest BCUT2D eigenvalue weighted by molar-refractivity contribution is 6.30. The first-order chi connectivity index (χ1) is 11.6. The van der Waals surface area contributed by atoms with E-state index in [1.54, 1.807) is 23.1 Å². The molecule has 2 aromatic rings. The predicted molar refractivity (Wildman–Crippen MR) is 97.3 cm³/mol. The van der Waals surface area contributed by atoms with Crippen molar-refractivity contribution in [2.45, 2.75) is 13.3 Å². The van der Waals surface area contributed by atoms with Gasteiger partial charge in [-0.05, 0) is 61.4 Å². The fraction of sp³-hybridized carbons (Fsp3) is 0.211. The molecule has 0 saturated heterocycles. The Hall–Kier alpha value is -2.30. The van der Waals surface area contributed by atoms with Crippen LogP contribution in [0.3, 0.4) is 0 Å². The van der Waals surface area contributed by atoms with Crippen LogP contribution in [0.1, 0.15) is 17.5 Å². The van der Waals surface area contributed by atoms with Crippen molar-refractivity contribution in [1.29, 1.82) is 0 Å². The molecule has 0 radical (unpaired) electrons. The van der Waals surface area contributed by atoms with Crippen LogP contribution in [0, 0.1) is 6.92 Å². The molecule has 1 heterocycles. The van der Waals surface area contributed by atoms with Gasteiger partial charge in [-0.1, -0.05) is 29.8 Å². The summed E-state index contributed by atoms with van der Waals surface area (Å²) >= 11 is 5.91. The van der Waals surface area contributed by atoms with Crippen LogP contribution < -0.4 is 15.4 Å². The summed E-state index contributed by atoms with van der Waals surface area (Å²) in [6.45, 7) is 3.08. The van der Waals surface area contributed by atoms with E-state index in [4.69, 9.17) is 22.1 Å². The lowest BCUT2D eigenvalue weighted by Crippen LogP contribution is -2.38. The van der Waals surface area contributed by atoms with Gasteiger partial charge < -0.3 is 15.4 Å². The van der Waals surface area contributed by atoms with Gasteiger partial charge in [0, 0.05) is 11.6 Å². The Morgan fingerprint density at radius 1 is 1.21 bits per heavy atom. The molecule has 0 aromatic heterocycles. The molecule has 124 valence electrons. The van der Waals surface area contributed by atoms with Gasteiger partial charge in [-0.25, -0.2) is 0 Å². The van der Waals surface area contributed by atoms with Crippen LogP contribution in [-0.2, 0) is 4.79 Å². The lowest BCUT2D eigenvalue weighted by molar-refractivity contribution is -0.117. The van der Waals surface area contributed by atoms with E-state index in [0.717, 1.165) is 23.2 Å². The second-order valence-corrected chi connectivity index (χ2v) is 6.17. The molecule has 0 saturated carbocycles. The fourth-order valence-corrected chi connectivity index (χ4v) is 2.73. The van der Waals surface area contributed by atoms with Gasteiger partial charge in [0.2, 0.25) is 0 Å². The van der Waals surface area contributed by atoms with Gasteiger partial charge in [-0.15, -0.1) is 0 Å². The number of amides is 1. The third-order valence-corrected chi connectivity index (χ3v) is 4.09. The maximum absolute atomic E-state index is 12.8. The molecule has 1 amide bonds. The van der Waals surface area contributed by atoms with Gasteiger partial charge >= 0.3 is 0 Å². The van der Waals surface area contributed by atoms with E-state index in [-0.39, 0.29) is 5.91 Å². The topological polar surface area (TPSA) is 55.6 Å². The number of aryl methyl sites for hydroxylation is 1. The average Bonchev–Trinajstić information content (AvgIpc) is 2.57. The largest absolute Gasteiger partial charge is 0.449 e. The van der Waals surface area contributed by atoms with Crippen LogP contribution in [0.5, 0.6) is 5.75 Å². The summed E-state index contributed by atoms with van der Waals surface area (Å²) < 4.78 is 5.85. The summed E-state index contributed by atoms with van der Waals surface area (Å²) in [5, 5.41) is 0.651. The van der Waals surface area contributed by atoms with Crippen LogP contribution in [0.25, 0.3) is 6.08 Å². The SMILES string of the molecule is Cc1ccc2c(c1)N(CCCN)C(=O)/C(=C\c1ccc(Cl)cc1)O2. The molecule has 0 spiro atoms. The molecule has 2 aromatic carbocycles. The van der Waals surface area contributed by atoms with Crippen molar-refractivity contribution in [3.05, 3.63) is 64.4 Å². The number of hydrogen-bond donors (Lipinski definition) is 1. The number of anilines is 1. The van der Waals surface area contributed by atoms with Crippen molar-refractivity contribution in [3.8, 4) is 5.75 Å². The van der Waals surface area contributed by atoms with Crippen LogP contribution in [0.15, 0.2) is 48.2 Å². The van der Waals surface area contributed by atoms with Crippen molar-refractivity contribution in [2.24, 2.45) is 5.73 Å². The Morgan fingerprint density at radius 3 is 2.67 bits per heavy atom. The van der Waals surface area contributed by atoms with E-state index < -0.39 is 0 Å².